The summed E-state index contributed by atoms with van der Waals surface area (Å²) in [7, 11) is 2.19. The van der Waals surface area contributed by atoms with Gasteiger partial charge in [0.25, 0.3) is 5.91 Å². The van der Waals surface area contributed by atoms with Crippen molar-refractivity contribution in [1.29, 1.82) is 0 Å². The number of hydrogen-bond acceptors (Lipinski definition) is 2. The Kier molecular flexibility index (Phi) is 6.05. The van der Waals surface area contributed by atoms with Gasteiger partial charge in [0, 0.05) is 34.8 Å². The van der Waals surface area contributed by atoms with Crippen molar-refractivity contribution < 1.29 is 4.79 Å². The summed E-state index contributed by atoms with van der Waals surface area (Å²) in [6.07, 6.45) is 2.24. The van der Waals surface area contributed by atoms with Crippen LogP contribution in [0.2, 0.25) is 0 Å². The van der Waals surface area contributed by atoms with Crippen molar-refractivity contribution >= 4 is 28.5 Å². The molecule has 1 aromatic rings. The summed E-state index contributed by atoms with van der Waals surface area (Å²) in [4.78, 5) is 16.9. The first-order valence-electron chi connectivity index (χ1n) is 7.72. The van der Waals surface area contributed by atoms with Gasteiger partial charge < -0.3 is 9.80 Å². The van der Waals surface area contributed by atoms with Crippen LogP contribution in [0.15, 0.2) is 24.3 Å². The molecule has 0 radical (unpaired) electrons. The molecule has 1 heterocycles. The van der Waals surface area contributed by atoms with E-state index in [1.807, 2.05) is 29.2 Å². The van der Waals surface area contributed by atoms with Crippen LogP contribution in [-0.2, 0) is 0 Å². The Labute approximate surface area is 141 Å². The first-order valence-corrected chi connectivity index (χ1v) is 8.80. The SMILES string of the molecule is CC(C)N(C)CC1CCN(C(=O)c2ccc(I)cc2)CC1. The minimum Gasteiger partial charge on any atom is -0.339 e. The van der Waals surface area contributed by atoms with E-state index in [0.717, 1.165) is 44.0 Å². The number of halogens is 1. The zero-order valence-corrected chi connectivity index (χ0v) is 15.3. The van der Waals surface area contributed by atoms with Crippen LogP contribution in [0.1, 0.15) is 37.0 Å². The molecule has 0 saturated carbocycles. The molecule has 1 amide bonds. The van der Waals surface area contributed by atoms with Crippen molar-refractivity contribution in [3.8, 4) is 0 Å². The molecule has 3 nitrogen and oxygen atoms in total. The van der Waals surface area contributed by atoms with Gasteiger partial charge in [0.15, 0.2) is 0 Å². The van der Waals surface area contributed by atoms with Crippen molar-refractivity contribution in [3.63, 3.8) is 0 Å². The molecule has 21 heavy (non-hydrogen) atoms. The van der Waals surface area contributed by atoms with Crippen molar-refractivity contribution in [3.05, 3.63) is 33.4 Å². The first kappa shape index (κ1) is 16.7. The zero-order chi connectivity index (χ0) is 15.4. The van der Waals surface area contributed by atoms with Crippen molar-refractivity contribution in [2.24, 2.45) is 5.92 Å². The monoisotopic (exact) mass is 400 g/mol. The number of piperidine rings is 1. The minimum absolute atomic E-state index is 0.182. The Bertz CT molecular complexity index is 464. The molecular weight excluding hydrogens is 375 g/mol. The van der Waals surface area contributed by atoms with Crippen molar-refractivity contribution in [1.82, 2.24) is 9.80 Å². The lowest BCUT2D eigenvalue weighted by molar-refractivity contribution is 0.0666. The van der Waals surface area contributed by atoms with E-state index in [1.54, 1.807) is 0 Å². The molecule has 0 unspecified atom stereocenters. The lowest BCUT2D eigenvalue weighted by Gasteiger charge is -2.35. The van der Waals surface area contributed by atoms with E-state index in [2.05, 4.69) is 48.4 Å². The molecule has 2 rings (SSSR count). The fourth-order valence-electron chi connectivity index (χ4n) is 2.71. The van der Waals surface area contributed by atoms with Crippen LogP contribution in [0.5, 0.6) is 0 Å². The molecule has 0 aliphatic carbocycles. The summed E-state index contributed by atoms with van der Waals surface area (Å²) in [5, 5.41) is 0. The summed E-state index contributed by atoms with van der Waals surface area (Å²) in [6.45, 7) is 7.39. The predicted molar refractivity (Wildman–Crippen MR) is 95.6 cm³/mol. The van der Waals surface area contributed by atoms with Gasteiger partial charge in [-0.25, -0.2) is 0 Å². The van der Waals surface area contributed by atoms with E-state index >= 15 is 0 Å². The zero-order valence-electron chi connectivity index (χ0n) is 13.2. The number of nitrogens with zero attached hydrogens (tertiary/aromatic N) is 2. The van der Waals surface area contributed by atoms with Gasteiger partial charge in [-0.3, -0.25) is 4.79 Å². The van der Waals surface area contributed by atoms with Gasteiger partial charge in [-0.1, -0.05) is 0 Å². The number of likely N-dealkylation sites (tertiary alicyclic amines) is 1. The number of hydrogen-bond donors (Lipinski definition) is 0. The fourth-order valence-corrected chi connectivity index (χ4v) is 3.07. The van der Waals surface area contributed by atoms with Crippen molar-refractivity contribution in [2.45, 2.75) is 32.7 Å². The molecule has 0 aromatic heterocycles. The second-order valence-corrected chi connectivity index (χ2v) is 7.52. The lowest BCUT2D eigenvalue weighted by Crippen LogP contribution is -2.42. The number of carbonyl (C=O) groups excluding carboxylic acids is 1. The number of rotatable bonds is 4. The maximum atomic E-state index is 12.5. The molecule has 1 aromatic carbocycles. The third kappa shape index (κ3) is 4.68. The van der Waals surface area contributed by atoms with Crippen LogP contribution in [-0.4, -0.2) is 48.4 Å². The van der Waals surface area contributed by atoms with Crippen LogP contribution in [0, 0.1) is 9.49 Å². The molecule has 1 aliphatic rings. The minimum atomic E-state index is 0.182. The quantitative estimate of drug-likeness (QED) is 0.723. The molecule has 0 atom stereocenters. The lowest BCUT2D eigenvalue weighted by atomic mass is 9.95. The van der Waals surface area contributed by atoms with E-state index in [9.17, 15) is 4.79 Å². The molecule has 1 fully saturated rings. The maximum absolute atomic E-state index is 12.5. The van der Waals surface area contributed by atoms with E-state index in [4.69, 9.17) is 0 Å². The van der Waals surface area contributed by atoms with Gasteiger partial charge in [-0.05, 0) is 86.5 Å². The fraction of sp³-hybridized carbons (Fsp3) is 0.588. The van der Waals surface area contributed by atoms with Gasteiger partial charge in [-0.2, -0.15) is 0 Å². The van der Waals surface area contributed by atoms with Gasteiger partial charge in [-0.15, -0.1) is 0 Å². The molecule has 1 saturated heterocycles. The van der Waals surface area contributed by atoms with Gasteiger partial charge in [0.05, 0.1) is 0 Å². The molecule has 0 bridgehead atoms. The highest BCUT2D eigenvalue weighted by atomic mass is 127. The normalized spacial score (nSPS) is 16.8. The summed E-state index contributed by atoms with van der Waals surface area (Å²) >= 11 is 2.26. The highest BCUT2D eigenvalue weighted by molar-refractivity contribution is 14.1. The van der Waals surface area contributed by atoms with E-state index in [1.165, 1.54) is 3.57 Å². The standard InChI is InChI=1S/C17H25IN2O/c1-13(2)19(3)12-14-8-10-20(11-9-14)17(21)15-4-6-16(18)7-5-15/h4-7,13-14H,8-12H2,1-3H3. The van der Waals surface area contributed by atoms with Gasteiger partial charge in [0.1, 0.15) is 0 Å². The highest BCUT2D eigenvalue weighted by Crippen LogP contribution is 2.20. The van der Waals surface area contributed by atoms with Crippen LogP contribution in [0.4, 0.5) is 0 Å². The summed E-state index contributed by atoms with van der Waals surface area (Å²) in [6, 6.07) is 8.46. The van der Waals surface area contributed by atoms with Crippen molar-refractivity contribution in [2.75, 3.05) is 26.7 Å². The summed E-state index contributed by atoms with van der Waals surface area (Å²) < 4.78 is 1.17. The topological polar surface area (TPSA) is 23.6 Å². The largest absolute Gasteiger partial charge is 0.339 e. The van der Waals surface area contributed by atoms with Crippen LogP contribution < -0.4 is 0 Å². The van der Waals surface area contributed by atoms with Crippen LogP contribution in [0.25, 0.3) is 0 Å². The number of amides is 1. The predicted octanol–water partition coefficient (Wildman–Crippen LogP) is 3.48. The molecule has 0 spiro atoms. The number of benzene rings is 1. The summed E-state index contributed by atoms with van der Waals surface area (Å²) in [5.41, 5.74) is 0.813. The smallest absolute Gasteiger partial charge is 0.253 e. The van der Waals surface area contributed by atoms with Gasteiger partial charge >= 0.3 is 0 Å². The average molecular weight is 400 g/mol. The third-order valence-corrected chi connectivity index (χ3v) is 5.14. The highest BCUT2D eigenvalue weighted by Gasteiger charge is 2.24. The van der Waals surface area contributed by atoms with E-state index in [0.29, 0.717) is 6.04 Å². The third-order valence-electron chi connectivity index (χ3n) is 4.42. The van der Waals surface area contributed by atoms with Crippen LogP contribution in [0.3, 0.4) is 0 Å². The van der Waals surface area contributed by atoms with E-state index in [-0.39, 0.29) is 5.91 Å². The molecule has 1 aliphatic heterocycles. The Hall–Kier alpha value is -0.620. The van der Waals surface area contributed by atoms with E-state index < -0.39 is 0 Å². The average Bonchev–Trinajstić information content (AvgIpc) is 2.48. The Balaban J connectivity index is 1.86. The molecule has 4 heteroatoms. The second kappa shape index (κ2) is 7.58. The first-order chi connectivity index (χ1) is 9.97. The Morgan fingerprint density at radius 2 is 1.86 bits per heavy atom. The molecular formula is C17H25IN2O. The molecule has 116 valence electrons. The van der Waals surface area contributed by atoms with Crippen LogP contribution >= 0.6 is 22.6 Å². The molecule has 0 N–H and O–H groups in total. The summed E-state index contributed by atoms with van der Waals surface area (Å²) in [5.74, 6) is 0.903. The second-order valence-electron chi connectivity index (χ2n) is 6.28. The maximum Gasteiger partial charge on any atom is 0.253 e. The Morgan fingerprint density at radius 3 is 2.38 bits per heavy atom. The Morgan fingerprint density at radius 1 is 1.29 bits per heavy atom. The number of carbonyl (C=O) groups is 1. The van der Waals surface area contributed by atoms with Gasteiger partial charge in [0.2, 0.25) is 0 Å².